The van der Waals surface area contributed by atoms with E-state index in [0.29, 0.717) is 6.42 Å². The minimum Gasteiger partial charge on any atom is -0.446 e. The van der Waals surface area contributed by atoms with Gasteiger partial charge in [0.25, 0.3) is 0 Å². The molecule has 0 aromatic carbocycles. The highest BCUT2D eigenvalue weighted by molar-refractivity contribution is 6.19. The van der Waals surface area contributed by atoms with Gasteiger partial charge in [-0.3, -0.25) is 4.79 Å². The molecule has 3 heteroatoms. The van der Waals surface area contributed by atoms with Crippen molar-refractivity contribution in [2.75, 3.05) is 0 Å². The lowest BCUT2D eigenvalue weighted by atomic mass is 10.1. The predicted octanol–water partition coefficient (Wildman–Crippen LogP) is 7.15. The Morgan fingerprint density at radius 1 is 0.870 bits per heavy atom. The van der Waals surface area contributed by atoms with Gasteiger partial charge in [0.1, 0.15) is 0 Å². The summed E-state index contributed by atoms with van der Waals surface area (Å²) >= 11 is 5.59. The van der Waals surface area contributed by atoms with Crippen molar-refractivity contribution in [3.63, 3.8) is 0 Å². The van der Waals surface area contributed by atoms with E-state index in [0.717, 1.165) is 12.8 Å². The van der Waals surface area contributed by atoms with Crippen LogP contribution in [-0.2, 0) is 9.53 Å². The van der Waals surface area contributed by atoms with Crippen LogP contribution in [0.25, 0.3) is 0 Å². The number of alkyl halides is 1. The summed E-state index contributed by atoms with van der Waals surface area (Å²) in [6.45, 7) is 3.93. The smallest absolute Gasteiger partial charge is 0.307 e. The number of carbonyl (C=O) groups excluding carboxylic acids is 1. The Bertz CT molecular complexity index is 287. The largest absolute Gasteiger partial charge is 0.446 e. The number of hydrogen-bond donors (Lipinski definition) is 0. The second-order valence-corrected chi connectivity index (χ2v) is 6.98. The van der Waals surface area contributed by atoms with E-state index in [2.05, 4.69) is 19.1 Å². The zero-order chi connectivity index (χ0) is 17.2. The summed E-state index contributed by atoms with van der Waals surface area (Å²) in [5, 5.41) is 0. The number of ether oxygens (including phenoxy) is 1. The van der Waals surface area contributed by atoms with Gasteiger partial charge in [-0.2, -0.15) is 0 Å². The topological polar surface area (TPSA) is 26.3 Å². The van der Waals surface area contributed by atoms with Crippen LogP contribution in [0, 0.1) is 0 Å². The molecule has 0 aliphatic rings. The second-order valence-electron chi connectivity index (χ2n) is 6.37. The highest BCUT2D eigenvalue weighted by atomic mass is 35.5. The van der Waals surface area contributed by atoms with Crippen LogP contribution in [0.3, 0.4) is 0 Å². The first-order valence-corrected chi connectivity index (χ1v) is 10.1. The number of hydrogen-bond acceptors (Lipinski definition) is 2. The third-order valence-electron chi connectivity index (χ3n) is 3.94. The lowest BCUT2D eigenvalue weighted by Crippen LogP contribution is -2.08. The van der Waals surface area contributed by atoms with Gasteiger partial charge in [0.15, 0.2) is 5.56 Å². The highest BCUT2D eigenvalue weighted by Crippen LogP contribution is 2.10. The Labute approximate surface area is 149 Å². The normalized spacial score (nSPS) is 12.7. The van der Waals surface area contributed by atoms with Crippen molar-refractivity contribution in [3.05, 3.63) is 12.2 Å². The first-order chi connectivity index (χ1) is 11.2. The van der Waals surface area contributed by atoms with Gasteiger partial charge in [-0.25, -0.2) is 0 Å². The molecular formula is C20H37ClO2. The van der Waals surface area contributed by atoms with Gasteiger partial charge in [-0.05, 0) is 39.0 Å². The highest BCUT2D eigenvalue weighted by Gasteiger charge is 2.05. The van der Waals surface area contributed by atoms with Crippen LogP contribution in [0.15, 0.2) is 12.2 Å². The predicted molar refractivity (Wildman–Crippen MR) is 101 cm³/mol. The Balaban J connectivity index is 3.18. The first kappa shape index (κ1) is 22.5. The van der Waals surface area contributed by atoms with E-state index < -0.39 is 5.56 Å². The number of esters is 1. The molecule has 0 rings (SSSR count). The van der Waals surface area contributed by atoms with Gasteiger partial charge in [0, 0.05) is 6.42 Å². The minimum absolute atomic E-state index is 0.176. The van der Waals surface area contributed by atoms with E-state index in [1.165, 1.54) is 70.6 Å². The van der Waals surface area contributed by atoms with Crippen LogP contribution in [0.1, 0.15) is 104 Å². The van der Waals surface area contributed by atoms with E-state index in [-0.39, 0.29) is 5.97 Å². The van der Waals surface area contributed by atoms with E-state index in [4.69, 9.17) is 16.3 Å². The Morgan fingerprint density at radius 3 is 1.87 bits per heavy atom. The van der Waals surface area contributed by atoms with E-state index in [1.54, 1.807) is 6.92 Å². The minimum atomic E-state index is -0.509. The van der Waals surface area contributed by atoms with E-state index in [9.17, 15) is 4.79 Å². The van der Waals surface area contributed by atoms with Gasteiger partial charge in [0.2, 0.25) is 0 Å². The maximum absolute atomic E-state index is 11.3. The number of carbonyl (C=O) groups is 1. The summed E-state index contributed by atoms with van der Waals surface area (Å²) in [5.41, 5.74) is -0.509. The third kappa shape index (κ3) is 19.5. The zero-order valence-corrected chi connectivity index (χ0v) is 16.1. The van der Waals surface area contributed by atoms with Gasteiger partial charge < -0.3 is 4.74 Å². The maximum atomic E-state index is 11.3. The molecule has 0 fully saturated rings. The number of halogens is 1. The molecule has 0 bridgehead atoms. The summed E-state index contributed by atoms with van der Waals surface area (Å²) < 4.78 is 4.89. The molecule has 0 N–H and O–H groups in total. The molecule has 0 aliphatic heterocycles. The fourth-order valence-electron chi connectivity index (χ4n) is 2.58. The molecule has 0 saturated heterocycles. The van der Waals surface area contributed by atoms with Crippen LogP contribution in [0.4, 0.5) is 0 Å². The van der Waals surface area contributed by atoms with Crippen LogP contribution in [0.2, 0.25) is 0 Å². The molecule has 2 nitrogen and oxygen atoms in total. The van der Waals surface area contributed by atoms with Gasteiger partial charge >= 0.3 is 5.97 Å². The molecule has 1 atom stereocenters. The summed E-state index contributed by atoms with van der Waals surface area (Å²) in [6, 6.07) is 0. The molecule has 0 spiro atoms. The molecule has 0 aromatic heterocycles. The molecule has 0 saturated carbocycles. The quantitative estimate of drug-likeness (QED) is 0.128. The van der Waals surface area contributed by atoms with Crippen LogP contribution < -0.4 is 0 Å². The first-order valence-electron chi connectivity index (χ1n) is 9.65. The standard InChI is InChI=1S/C20H37ClO2/c1-3-4-5-6-7-8-9-10-11-12-13-14-15-16-17-18-20(22)23-19(2)21/h10-11,19H,3-9,12-18H2,1-2H3/b11-10-. The maximum Gasteiger partial charge on any atom is 0.307 e. The molecule has 0 aromatic rings. The average molecular weight is 345 g/mol. The number of rotatable bonds is 16. The van der Waals surface area contributed by atoms with Crippen molar-refractivity contribution >= 4 is 17.6 Å². The summed E-state index contributed by atoms with van der Waals surface area (Å²) in [4.78, 5) is 11.3. The van der Waals surface area contributed by atoms with Crippen LogP contribution in [-0.4, -0.2) is 11.5 Å². The fourth-order valence-corrected chi connectivity index (χ4v) is 2.68. The number of unbranched alkanes of at least 4 members (excludes halogenated alkanes) is 11. The molecule has 0 aliphatic carbocycles. The average Bonchev–Trinajstić information content (AvgIpc) is 2.50. The van der Waals surface area contributed by atoms with Crippen molar-refractivity contribution in [1.29, 1.82) is 0 Å². The van der Waals surface area contributed by atoms with Crippen molar-refractivity contribution in [2.45, 2.75) is 109 Å². The Hall–Kier alpha value is -0.500. The lowest BCUT2D eigenvalue weighted by Gasteiger charge is -2.05. The molecular weight excluding hydrogens is 308 g/mol. The molecule has 0 amide bonds. The van der Waals surface area contributed by atoms with Crippen LogP contribution >= 0.6 is 11.6 Å². The van der Waals surface area contributed by atoms with Crippen molar-refractivity contribution in [1.82, 2.24) is 0 Å². The summed E-state index contributed by atoms with van der Waals surface area (Å²) in [5.74, 6) is -0.176. The lowest BCUT2D eigenvalue weighted by molar-refractivity contribution is -0.144. The van der Waals surface area contributed by atoms with Crippen molar-refractivity contribution in [2.24, 2.45) is 0 Å². The van der Waals surface area contributed by atoms with Gasteiger partial charge in [-0.1, -0.05) is 82.0 Å². The summed E-state index contributed by atoms with van der Waals surface area (Å²) in [7, 11) is 0. The Morgan fingerprint density at radius 2 is 1.35 bits per heavy atom. The van der Waals surface area contributed by atoms with Crippen LogP contribution in [0.5, 0.6) is 0 Å². The second kappa shape index (κ2) is 17.8. The molecule has 136 valence electrons. The Kier molecular flexibility index (Phi) is 17.5. The van der Waals surface area contributed by atoms with E-state index in [1.807, 2.05) is 0 Å². The molecule has 0 radical (unpaired) electrons. The molecule has 0 heterocycles. The molecule has 1 unspecified atom stereocenters. The van der Waals surface area contributed by atoms with Gasteiger partial charge in [0.05, 0.1) is 0 Å². The summed E-state index contributed by atoms with van der Waals surface area (Å²) in [6.07, 6.45) is 21.6. The zero-order valence-electron chi connectivity index (χ0n) is 15.3. The fraction of sp³-hybridized carbons (Fsp3) is 0.850. The van der Waals surface area contributed by atoms with Gasteiger partial charge in [-0.15, -0.1) is 0 Å². The van der Waals surface area contributed by atoms with Crippen molar-refractivity contribution < 1.29 is 9.53 Å². The monoisotopic (exact) mass is 344 g/mol. The van der Waals surface area contributed by atoms with Crippen molar-refractivity contribution in [3.8, 4) is 0 Å². The molecule has 23 heavy (non-hydrogen) atoms. The van der Waals surface area contributed by atoms with E-state index >= 15 is 0 Å². The SMILES string of the molecule is CCCCCCCC/C=C\CCCCCCCC(=O)OC(C)Cl. The number of allylic oxidation sites excluding steroid dienone is 2. The third-order valence-corrected chi connectivity index (χ3v) is 4.03.